The van der Waals surface area contributed by atoms with Gasteiger partial charge in [-0.25, -0.2) is 0 Å². The molecule has 0 amide bonds. The van der Waals surface area contributed by atoms with Crippen LogP contribution >= 0.6 is 0 Å². The summed E-state index contributed by atoms with van der Waals surface area (Å²) >= 11 is 0. The van der Waals surface area contributed by atoms with E-state index in [0.717, 1.165) is 113 Å². The molecule has 0 aromatic rings. The Balaban J connectivity index is 0.000000584. The van der Waals surface area contributed by atoms with E-state index in [1.54, 1.807) is 5.57 Å². The molecule has 0 spiro atoms. The number of carbonyl (C=O) groups is 3. The standard InChI is InChI=1S/C45H80O3.C34H66O3.C19H38O2/c1-35(2)22-21-23-36(3)40-27-28-41-39-26-25-37-34-38(29-31-44(37,4)42(39)30-32-45(40,41)5)48-43(47)24-19-17-15-13-11-9-7-6-8-10-12-14-16-18-20-33-46;1-3-5-7-9-10-11-12-13-14-15-18-21-24-28-32-37-34(36)31-27-23-20-17-16-19-22-26-30-33(35)29-25-8-6-4-2;1-4-5-6-7-8-9-10-11-12-13-14-15-16-17-19(20)21-18(2)3/h25,35-36,38-42,46H,6-24,26-34H2,1-5H3;22,26,33,35H,3-21,23-25,27-32H2,1-2H3;18H,4-17H2,1-3H3/b;26-22-;/t36-,38?,39?,40-,41?,42?,44+,45-;33-;/m11./s1. The second kappa shape index (κ2) is 68.4. The molecule has 0 bridgehead atoms. The maximum absolute atomic E-state index is 12.8. The summed E-state index contributed by atoms with van der Waals surface area (Å²) in [4.78, 5) is 36.0. The van der Waals surface area contributed by atoms with Crippen LogP contribution < -0.4 is 0 Å². The molecule has 3 saturated carbocycles. The molecule has 2 N–H and O–H groups in total. The summed E-state index contributed by atoms with van der Waals surface area (Å²) in [6, 6.07) is 0. The van der Waals surface area contributed by atoms with Crippen LogP contribution in [0.5, 0.6) is 0 Å². The van der Waals surface area contributed by atoms with Crippen molar-refractivity contribution in [2.24, 2.45) is 46.3 Å². The number of aliphatic hydroxyl groups excluding tert-OH is 2. The molecule has 0 radical (unpaired) electrons. The summed E-state index contributed by atoms with van der Waals surface area (Å²) in [5, 5.41) is 18.8. The second-order valence-corrected chi connectivity index (χ2v) is 36.3. The Labute approximate surface area is 660 Å². The summed E-state index contributed by atoms with van der Waals surface area (Å²) in [5.74, 6) is 5.26. The lowest BCUT2D eigenvalue weighted by atomic mass is 9.47. The van der Waals surface area contributed by atoms with Gasteiger partial charge in [-0.05, 0) is 163 Å². The van der Waals surface area contributed by atoms with Crippen molar-refractivity contribution in [3.63, 3.8) is 0 Å². The Morgan fingerprint density at radius 1 is 0.453 bits per heavy atom. The number of ether oxygens (including phenoxy) is 3. The summed E-state index contributed by atoms with van der Waals surface area (Å²) in [6.45, 7) is 24.2. The fraction of sp³-hybridized carbons (Fsp3) is 0.929. The van der Waals surface area contributed by atoms with Crippen molar-refractivity contribution >= 4 is 17.9 Å². The number of hydrogen-bond acceptors (Lipinski definition) is 8. The van der Waals surface area contributed by atoms with E-state index in [1.807, 2.05) is 13.8 Å². The van der Waals surface area contributed by atoms with Gasteiger partial charge in [-0.2, -0.15) is 0 Å². The van der Waals surface area contributed by atoms with Crippen molar-refractivity contribution in [1.29, 1.82) is 0 Å². The summed E-state index contributed by atoms with van der Waals surface area (Å²) < 4.78 is 16.7. The van der Waals surface area contributed by atoms with Crippen molar-refractivity contribution in [1.82, 2.24) is 0 Å². The molecule has 4 aliphatic rings. The van der Waals surface area contributed by atoms with E-state index < -0.39 is 0 Å². The average molecular weight is 1490 g/mol. The molecule has 0 aromatic heterocycles. The quantitative estimate of drug-likeness (QED) is 0.0267. The highest BCUT2D eigenvalue weighted by Crippen LogP contribution is 2.67. The Hall–Kier alpha value is -2.19. The average Bonchev–Trinajstić information content (AvgIpc) is 1.42. The first-order valence-corrected chi connectivity index (χ1v) is 47.7. The highest BCUT2D eigenvalue weighted by atomic mass is 16.5. The minimum atomic E-state index is -0.165. The third-order valence-electron chi connectivity index (χ3n) is 25.9. The van der Waals surface area contributed by atoms with Gasteiger partial charge in [-0.3, -0.25) is 14.4 Å². The van der Waals surface area contributed by atoms with Gasteiger partial charge < -0.3 is 24.4 Å². The monoisotopic (exact) mass is 1490 g/mol. The van der Waals surface area contributed by atoms with Crippen LogP contribution in [0, 0.1) is 46.3 Å². The van der Waals surface area contributed by atoms with Crippen molar-refractivity contribution in [2.45, 2.75) is 524 Å². The molecule has 8 nitrogen and oxygen atoms in total. The van der Waals surface area contributed by atoms with Crippen molar-refractivity contribution in [3.8, 4) is 0 Å². The molecule has 9 atom stereocenters. The summed E-state index contributed by atoms with van der Waals surface area (Å²) in [5.41, 5.74) is 2.52. The van der Waals surface area contributed by atoms with Crippen LogP contribution in [0.2, 0.25) is 0 Å². The van der Waals surface area contributed by atoms with Gasteiger partial charge in [-0.1, -0.05) is 387 Å². The zero-order valence-electron chi connectivity index (χ0n) is 72.8. The molecule has 8 heteroatoms. The van der Waals surface area contributed by atoms with Crippen LogP contribution in [0.4, 0.5) is 0 Å². The number of hydrogen-bond donors (Lipinski definition) is 2. The lowest BCUT2D eigenvalue weighted by Crippen LogP contribution is -2.51. The van der Waals surface area contributed by atoms with Gasteiger partial charge in [-0.15, -0.1) is 0 Å². The van der Waals surface area contributed by atoms with Crippen LogP contribution in [0.15, 0.2) is 23.8 Å². The van der Waals surface area contributed by atoms with Crippen molar-refractivity contribution in [2.75, 3.05) is 13.2 Å². The maximum Gasteiger partial charge on any atom is 0.306 e. The normalized spacial score (nSPS) is 21.0. The molecule has 3 fully saturated rings. The van der Waals surface area contributed by atoms with Gasteiger partial charge in [0.1, 0.15) is 6.10 Å². The predicted octanol–water partition coefficient (Wildman–Crippen LogP) is 30.6. The largest absolute Gasteiger partial charge is 0.466 e. The molecule has 4 aliphatic carbocycles. The molecule has 0 saturated heterocycles. The van der Waals surface area contributed by atoms with E-state index in [9.17, 15) is 19.5 Å². The minimum Gasteiger partial charge on any atom is -0.466 e. The number of carbonyl (C=O) groups excluding carboxylic acids is 3. The fourth-order valence-electron chi connectivity index (χ4n) is 19.2. The first-order chi connectivity index (χ1) is 51.6. The zero-order valence-corrected chi connectivity index (χ0v) is 72.8. The number of aliphatic hydroxyl groups is 2. The van der Waals surface area contributed by atoms with Crippen LogP contribution in [0.25, 0.3) is 0 Å². The fourth-order valence-corrected chi connectivity index (χ4v) is 19.2. The Morgan fingerprint density at radius 2 is 0.887 bits per heavy atom. The number of unbranched alkanes of at least 4 members (excludes halogenated alkanes) is 47. The smallest absolute Gasteiger partial charge is 0.306 e. The van der Waals surface area contributed by atoms with Crippen LogP contribution in [0.3, 0.4) is 0 Å². The Morgan fingerprint density at radius 3 is 1.36 bits per heavy atom. The van der Waals surface area contributed by atoms with Gasteiger partial charge in [0.2, 0.25) is 0 Å². The molecule has 4 rings (SSSR count). The van der Waals surface area contributed by atoms with E-state index >= 15 is 0 Å². The van der Waals surface area contributed by atoms with Gasteiger partial charge in [0.25, 0.3) is 0 Å². The SMILES string of the molecule is CC(C)CCC[C@@H](C)[C@H]1CCC2C3CC=C4CC(OC(=O)CCCCCCCCCCCCCCCCCO)CC[C@]4(C)C3CC[C@@]21C.CCCCCCCCCCCCCCCC(=O)OC(C)C.CCCCCCCCCCCCCCCCOC(=O)CCCCCCC/C=C\C[C@H](O)CCCCCC. The van der Waals surface area contributed by atoms with Crippen molar-refractivity contribution in [3.05, 3.63) is 23.8 Å². The van der Waals surface area contributed by atoms with Crippen molar-refractivity contribution < 1.29 is 38.8 Å². The molecule has 4 unspecified atom stereocenters. The van der Waals surface area contributed by atoms with Gasteiger partial charge in [0.05, 0.1) is 18.8 Å². The number of rotatable bonds is 68. The third-order valence-corrected chi connectivity index (χ3v) is 25.9. The molecule has 106 heavy (non-hydrogen) atoms. The topological polar surface area (TPSA) is 119 Å². The first-order valence-electron chi connectivity index (χ1n) is 47.7. The highest BCUT2D eigenvalue weighted by Gasteiger charge is 2.59. The lowest BCUT2D eigenvalue weighted by Gasteiger charge is -2.58. The number of allylic oxidation sites excluding steroid dienone is 2. The predicted molar refractivity (Wildman–Crippen MR) is 458 cm³/mol. The molecule has 624 valence electrons. The zero-order chi connectivity index (χ0) is 77.2. The Kier molecular flexibility index (Phi) is 64.5. The highest BCUT2D eigenvalue weighted by molar-refractivity contribution is 5.70. The Bertz CT molecular complexity index is 2060. The van der Waals surface area contributed by atoms with E-state index in [4.69, 9.17) is 19.3 Å². The van der Waals surface area contributed by atoms with Crippen LogP contribution in [-0.2, 0) is 28.6 Å². The molecule has 0 aromatic carbocycles. The van der Waals surface area contributed by atoms with E-state index in [2.05, 4.69) is 73.6 Å². The van der Waals surface area contributed by atoms with Gasteiger partial charge >= 0.3 is 17.9 Å². The van der Waals surface area contributed by atoms with Gasteiger partial charge in [0, 0.05) is 32.3 Å². The lowest BCUT2D eigenvalue weighted by molar-refractivity contribution is -0.152. The third kappa shape index (κ3) is 50.7. The van der Waals surface area contributed by atoms with Gasteiger partial charge in [0.15, 0.2) is 0 Å². The molecular formula is C98H184O8. The van der Waals surface area contributed by atoms with Crippen LogP contribution in [-0.4, -0.2) is 59.6 Å². The first kappa shape index (κ1) is 99.9. The second-order valence-electron chi connectivity index (χ2n) is 36.3. The molecule has 0 heterocycles. The maximum atomic E-state index is 12.8. The van der Waals surface area contributed by atoms with E-state index in [-0.39, 0.29) is 36.2 Å². The minimum absolute atomic E-state index is 0.00845. The molecule has 0 aliphatic heterocycles. The number of fused-ring (bicyclic) bond motifs is 5. The molecular weight excluding hydrogens is 1310 g/mol. The summed E-state index contributed by atoms with van der Waals surface area (Å²) in [6.07, 6.45) is 92.2. The number of esters is 3. The summed E-state index contributed by atoms with van der Waals surface area (Å²) in [7, 11) is 0. The van der Waals surface area contributed by atoms with E-state index in [1.165, 1.54) is 340 Å². The van der Waals surface area contributed by atoms with Crippen LogP contribution in [0.1, 0.15) is 506 Å². The van der Waals surface area contributed by atoms with E-state index in [0.29, 0.717) is 43.3 Å².